The van der Waals surface area contributed by atoms with E-state index in [0.717, 1.165) is 10.5 Å². The predicted molar refractivity (Wildman–Crippen MR) is 138 cm³/mol. The second kappa shape index (κ2) is 11.5. The van der Waals surface area contributed by atoms with Crippen molar-refractivity contribution in [2.75, 3.05) is 13.7 Å². The summed E-state index contributed by atoms with van der Waals surface area (Å²) in [5, 5.41) is 15.2. The van der Waals surface area contributed by atoms with E-state index in [1.165, 1.54) is 0 Å². The van der Waals surface area contributed by atoms with Gasteiger partial charge < -0.3 is 24.1 Å². The first-order chi connectivity index (χ1) is 19.0. The van der Waals surface area contributed by atoms with Crippen LogP contribution < -0.4 is 9.47 Å². The fourth-order valence-electron chi connectivity index (χ4n) is 4.77. The number of amides is 2. The smallest absolute Gasteiger partial charge is 0.261 e. The Hall–Kier alpha value is -4.41. The second-order valence-corrected chi connectivity index (χ2v) is 9.02. The van der Waals surface area contributed by atoms with Crippen LogP contribution in [0.4, 0.5) is 0 Å². The lowest BCUT2D eigenvalue weighted by molar-refractivity contribution is -0.216. The molecule has 0 radical (unpaired) electrons. The summed E-state index contributed by atoms with van der Waals surface area (Å²) in [5.74, 6) is -0.0272. The van der Waals surface area contributed by atoms with E-state index in [4.69, 9.17) is 18.9 Å². The standard InChI is InChI=1S/C28H26N4O7/c1-36-18-11-13-19(14-12-18)37-16-22-24(33)25(38-15-17-7-3-2-4-8-17)23(26(39-22)30-31-29)32-27(34)20-9-5-6-10-21(20)28(32)35/h2-14,22-26,33H,15-16H2,1H3/t22-,23-,24-,25-,26-/m1/s1. The topological polar surface area (TPSA) is 143 Å². The molecular weight excluding hydrogens is 504 g/mol. The van der Waals surface area contributed by atoms with Crippen molar-refractivity contribution in [2.24, 2.45) is 5.11 Å². The molecule has 11 nitrogen and oxygen atoms in total. The van der Waals surface area contributed by atoms with Crippen molar-refractivity contribution in [1.29, 1.82) is 0 Å². The van der Waals surface area contributed by atoms with Gasteiger partial charge in [-0.1, -0.05) is 47.6 Å². The lowest BCUT2D eigenvalue weighted by Crippen LogP contribution is -2.65. The lowest BCUT2D eigenvalue weighted by atomic mass is 9.94. The molecule has 1 saturated heterocycles. The maximum atomic E-state index is 13.4. The largest absolute Gasteiger partial charge is 0.497 e. The molecule has 2 heterocycles. The van der Waals surface area contributed by atoms with Crippen LogP contribution >= 0.6 is 0 Å². The summed E-state index contributed by atoms with van der Waals surface area (Å²) in [6.45, 7) is -0.0533. The van der Waals surface area contributed by atoms with Crippen LogP contribution in [0, 0.1) is 0 Å². The van der Waals surface area contributed by atoms with E-state index in [1.54, 1.807) is 55.6 Å². The Kier molecular flexibility index (Phi) is 7.76. The number of fused-ring (bicyclic) bond motifs is 1. The van der Waals surface area contributed by atoms with Gasteiger partial charge in [0.05, 0.1) is 24.8 Å². The Balaban J connectivity index is 1.45. The van der Waals surface area contributed by atoms with Crippen molar-refractivity contribution in [3.63, 3.8) is 0 Å². The van der Waals surface area contributed by atoms with E-state index < -0.39 is 42.4 Å². The molecule has 2 amide bonds. The Labute approximate surface area is 224 Å². The number of aliphatic hydroxyl groups is 1. The monoisotopic (exact) mass is 530 g/mol. The van der Waals surface area contributed by atoms with Crippen LogP contribution in [-0.4, -0.2) is 66.1 Å². The zero-order chi connectivity index (χ0) is 27.4. The molecule has 3 aromatic carbocycles. The molecule has 0 aromatic heterocycles. The Morgan fingerprint density at radius 1 is 0.949 bits per heavy atom. The van der Waals surface area contributed by atoms with Crippen molar-refractivity contribution in [3.05, 3.63) is 106 Å². The summed E-state index contributed by atoms with van der Waals surface area (Å²) in [7, 11) is 1.55. The van der Waals surface area contributed by atoms with Crippen LogP contribution in [0.1, 0.15) is 26.3 Å². The number of nitrogens with zero attached hydrogens (tertiary/aromatic N) is 4. The maximum Gasteiger partial charge on any atom is 0.261 e. The first-order valence-electron chi connectivity index (χ1n) is 12.3. The minimum Gasteiger partial charge on any atom is -0.497 e. The maximum absolute atomic E-state index is 13.4. The molecule has 0 saturated carbocycles. The molecule has 0 bridgehead atoms. The molecule has 11 heteroatoms. The number of imide groups is 1. The third-order valence-corrected chi connectivity index (χ3v) is 6.71. The lowest BCUT2D eigenvalue weighted by Gasteiger charge is -2.45. The van der Waals surface area contributed by atoms with Crippen LogP contribution in [-0.2, 0) is 16.1 Å². The van der Waals surface area contributed by atoms with Crippen LogP contribution in [0.5, 0.6) is 11.5 Å². The second-order valence-electron chi connectivity index (χ2n) is 9.02. The van der Waals surface area contributed by atoms with E-state index in [0.29, 0.717) is 11.5 Å². The van der Waals surface area contributed by atoms with Crippen LogP contribution in [0.25, 0.3) is 10.4 Å². The van der Waals surface area contributed by atoms with E-state index >= 15 is 0 Å². The van der Waals surface area contributed by atoms with Crippen LogP contribution in [0.3, 0.4) is 0 Å². The highest BCUT2D eigenvalue weighted by molar-refractivity contribution is 6.21. The SMILES string of the molecule is COc1ccc(OC[C@H]2O[C@@H](N=[N+]=[N-])[C@H](N3C(=O)c4ccccc4C3=O)[C@@H](OCc3ccccc3)[C@@H]2O)cc1. The Bertz CT molecular complexity index is 1340. The molecule has 3 aromatic rings. The fraction of sp³-hybridized carbons (Fsp3) is 0.286. The van der Waals surface area contributed by atoms with Gasteiger partial charge in [-0.05, 0) is 47.5 Å². The normalized spacial score (nSPS) is 24.2. The van der Waals surface area contributed by atoms with Gasteiger partial charge in [0, 0.05) is 4.91 Å². The van der Waals surface area contributed by atoms with Gasteiger partial charge in [-0.3, -0.25) is 14.5 Å². The minimum atomic E-state index is -1.34. The molecule has 1 N–H and O–H groups in total. The van der Waals surface area contributed by atoms with Crippen molar-refractivity contribution < 1.29 is 33.6 Å². The van der Waals surface area contributed by atoms with E-state index in [2.05, 4.69) is 10.0 Å². The summed E-state index contributed by atoms with van der Waals surface area (Å²) in [5.41, 5.74) is 10.6. The third-order valence-electron chi connectivity index (χ3n) is 6.71. The molecule has 0 unspecified atom stereocenters. The number of azide groups is 1. The zero-order valence-corrected chi connectivity index (χ0v) is 21.0. The quantitative estimate of drug-likeness (QED) is 0.192. The molecule has 2 aliphatic heterocycles. The molecule has 200 valence electrons. The van der Waals surface area contributed by atoms with Crippen molar-refractivity contribution in [3.8, 4) is 11.5 Å². The molecule has 5 atom stereocenters. The number of carbonyl (C=O) groups is 2. The van der Waals surface area contributed by atoms with Gasteiger partial charge in [0.15, 0.2) is 6.23 Å². The Morgan fingerprint density at radius 2 is 1.56 bits per heavy atom. The van der Waals surface area contributed by atoms with Crippen LogP contribution in [0.15, 0.2) is 84.0 Å². The minimum absolute atomic E-state index is 0.0667. The highest BCUT2D eigenvalue weighted by Crippen LogP contribution is 2.35. The van der Waals surface area contributed by atoms with Gasteiger partial charge in [-0.15, -0.1) is 0 Å². The Morgan fingerprint density at radius 3 is 2.18 bits per heavy atom. The average molecular weight is 531 g/mol. The average Bonchev–Trinajstić information content (AvgIpc) is 3.22. The van der Waals surface area contributed by atoms with Gasteiger partial charge in [-0.25, -0.2) is 0 Å². The number of carbonyl (C=O) groups excluding carboxylic acids is 2. The number of rotatable bonds is 9. The molecule has 0 spiro atoms. The highest BCUT2D eigenvalue weighted by Gasteiger charge is 2.53. The number of hydrogen-bond acceptors (Lipinski definition) is 8. The summed E-state index contributed by atoms with van der Waals surface area (Å²) in [4.78, 5) is 30.6. The molecule has 0 aliphatic carbocycles. The van der Waals surface area contributed by atoms with Crippen LogP contribution in [0.2, 0.25) is 0 Å². The summed E-state index contributed by atoms with van der Waals surface area (Å²) < 4.78 is 23.1. The summed E-state index contributed by atoms with van der Waals surface area (Å²) in [6.07, 6.45) is -4.84. The number of aliphatic hydroxyl groups excluding tert-OH is 1. The number of benzene rings is 3. The molecule has 1 fully saturated rings. The van der Waals surface area contributed by atoms with Crippen molar-refractivity contribution in [1.82, 2.24) is 4.90 Å². The first-order valence-corrected chi connectivity index (χ1v) is 12.3. The van der Waals surface area contributed by atoms with Gasteiger partial charge in [0.1, 0.15) is 42.5 Å². The summed E-state index contributed by atoms with van der Waals surface area (Å²) in [6, 6.07) is 21.2. The number of methoxy groups -OCH3 is 1. The number of hydrogen-bond donors (Lipinski definition) is 1. The predicted octanol–water partition coefficient (Wildman–Crippen LogP) is 3.72. The molecular formula is C28H26N4O7. The summed E-state index contributed by atoms with van der Waals surface area (Å²) >= 11 is 0. The molecule has 5 rings (SSSR count). The first kappa shape index (κ1) is 26.2. The zero-order valence-electron chi connectivity index (χ0n) is 21.0. The van der Waals surface area contributed by atoms with E-state index in [-0.39, 0.29) is 24.3 Å². The fourth-order valence-corrected chi connectivity index (χ4v) is 4.77. The van der Waals surface area contributed by atoms with Gasteiger partial charge >= 0.3 is 0 Å². The van der Waals surface area contributed by atoms with Gasteiger partial charge in [-0.2, -0.15) is 0 Å². The van der Waals surface area contributed by atoms with Crippen molar-refractivity contribution >= 4 is 11.8 Å². The highest BCUT2D eigenvalue weighted by atomic mass is 16.6. The number of ether oxygens (including phenoxy) is 4. The van der Waals surface area contributed by atoms with Gasteiger partial charge in [0.2, 0.25) is 0 Å². The van der Waals surface area contributed by atoms with Crippen molar-refractivity contribution in [2.45, 2.75) is 37.2 Å². The van der Waals surface area contributed by atoms with E-state index in [9.17, 15) is 20.2 Å². The molecule has 39 heavy (non-hydrogen) atoms. The van der Waals surface area contributed by atoms with E-state index in [1.807, 2.05) is 30.3 Å². The molecule has 2 aliphatic rings. The third kappa shape index (κ3) is 5.29. The van der Waals surface area contributed by atoms with Gasteiger partial charge in [0.25, 0.3) is 11.8 Å².